The molecule has 0 aromatic heterocycles. The lowest BCUT2D eigenvalue weighted by atomic mass is 10.1. The lowest BCUT2D eigenvalue weighted by Gasteiger charge is -2.09. The lowest BCUT2D eigenvalue weighted by Crippen LogP contribution is -2.13. The topological polar surface area (TPSA) is 52.3 Å². The van der Waals surface area contributed by atoms with Crippen LogP contribution in [0.15, 0.2) is 30.3 Å². The molecule has 1 aromatic carbocycles. The van der Waals surface area contributed by atoms with Crippen molar-refractivity contribution >= 4 is 28.7 Å². The van der Waals surface area contributed by atoms with Crippen LogP contribution in [0.1, 0.15) is 22.3 Å². The number of halogens is 1. The number of hydrogen-bond donors (Lipinski definition) is 1. The molecule has 0 aliphatic rings. The maximum absolute atomic E-state index is 10.3. The van der Waals surface area contributed by atoms with Crippen LogP contribution in [0.5, 0.6) is 0 Å². The highest BCUT2D eigenvalue weighted by Crippen LogP contribution is 2.27. The minimum Gasteiger partial charge on any atom is -0.450 e. The Hall–Kier alpha value is -0.780. The second-order valence-electron chi connectivity index (χ2n) is 3.19. The second-order valence-corrected chi connectivity index (χ2v) is 4.69. The van der Waals surface area contributed by atoms with Gasteiger partial charge >= 0.3 is 6.09 Å². The Balaban J connectivity index is 2.25. The van der Waals surface area contributed by atoms with Crippen molar-refractivity contribution in [1.82, 2.24) is 0 Å². The molecular weight excluding hydrogens is 305 g/mol. The summed E-state index contributed by atoms with van der Waals surface area (Å²) in [7, 11) is 0. The summed E-state index contributed by atoms with van der Waals surface area (Å²) in [6, 6.07) is 10.3. The van der Waals surface area contributed by atoms with E-state index in [1.165, 1.54) is 5.56 Å². The zero-order valence-electron chi connectivity index (χ0n) is 8.36. The number of alkyl halides is 1. The van der Waals surface area contributed by atoms with Crippen LogP contribution in [0, 0.1) is 0 Å². The van der Waals surface area contributed by atoms with E-state index in [1.54, 1.807) is 0 Å². The Morgan fingerprint density at radius 1 is 1.40 bits per heavy atom. The average molecular weight is 319 g/mol. The molecule has 1 rings (SSSR count). The predicted octanol–water partition coefficient (Wildman–Crippen LogP) is 3.04. The highest BCUT2D eigenvalue weighted by atomic mass is 127. The van der Waals surface area contributed by atoms with E-state index in [9.17, 15) is 4.79 Å². The first kappa shape index (κ1) is 12.3. The summed E-state index contributed by atoms with van der Waals surface area (Å²) in [6.45, 7) is 0.404. The summed E-state index contributed by atoms with van der Waals surface area (Å²) in [4.78, 5) is 10.3. The van der Waals surface area contributed by atoms with Gasteiger partial charge in [-0.05, 0) is 18.4 Å². The summed E-state index contributed by atoms with van der Waals surface area (Å²) >= 11 is 2.39. The lowest BCUT2D eigenvalue weighted by molar-refractivity contribution is 0.154. The van der Waals surface area contributed by atoms with E-state index in [4.69, 9.17) is 5.73 Å². The monoisotopic (exact) mass is 319 g/mol. The van der Waals surface area contributed by atoms with Crippen molar-refractivity contribution in [2.45, 2.75) is 16.8 Å². The van der Waals surface area contributed by atoms with Gasteiger partial charge in [-0.2, -0.15) is 0 Å². The zero-order valence-corrected chi connectivity index (χ0v) is 10.5. The number of benzene rings is 1. The molecule has 0 saturated carbocycles. The largest absolute Gasteiger partial charge is 0.450 e. The van der Waals surface area contributed by atoms with E-state index < -0.39 is 6.09 Å². The molecule has 2 N–H and O–H groups in total. The Kier molecular flexibility index (Phi) is 5.45. The number of amides is 1. The fourth-order valence-electron chi connectivity index (χ4n) is 1.26. The van der Waals surface area contributed by atoms with Crippen LogP contribution in [0.25, 0.3) is 0 Å². The van der Waals surface area contributed by atoms with Crippen molar-refractivity contribution in [2.24, 2.45) is 5.73 Å². The summed E-state index contributed by atoms with van der Waals surface area (Å²) in [5, 5.41) is 0. The van der Waals surface area contributed by atoms with Gasteiger partial charge in [0.1, 0.15) is 0 Å². The molecule has 1 atom stereocenters. The van der Waals surface area contributed by atoms with Gasteiger partial charge in [-0.25, -0.2) is 4.79 Å². The quantitative estimate of drug-likeness (QED) is 0.515. The van der Waals surface area contributed by atoms with Gasteiger partial charge in [0.15, 0.2) is 0 Å². The number of ether oxygens (including phenoxy) is 1. The second kappa shape index (κ2) is 6.66. The predicted molar refractivity (Wildman–Crippen MR) is 68.0 cm³/mol. The van der Waals surface area contributed by atoms with Gasteiger partial charge in [0, 0.05) is 3.92 Å². The van der Waals surface area contributed by atoms with E-state index in [1.807, 2.05) is 18.2 Å². The van der Waals surface area contributed by atoms with Crippen LogP contribution < -0.4 is 5.73 Å². The molecule has 0 aliphatic heterocycles. The van der Waals surface area contributed by atoms with E-state index in [-0.39, 0.29) is 0 Å². The van der Waals surface area contributed by atoms with Crippen LogP contribution in [0.4, 0.5) is 4.79 Å². The van der Waals surface area contributed by atoms with Crippen LogP contribution in [0.3, 0.4) is 0 Å². The molecule has 82 valence electrons. The number of hydrogen-bond acceptors (Lipinski definition) is 2. The molecule has 0 spiro atoms. The van der Waals surface area contributed by atoms with Crippen molar-refractivity contribution < 1.29 is 9.53 Å². The first-order valence-corrected chi connectivity index (χ1v) is 6.06. The standard InChI is InChI=1S/C11H14INO2/c12-10(7-4-8-15-11(13)14)9-5-2-1-3-6-9/h1-3,5-6,10H,4,7-8H2,(H2,13,14). The number of rotatable bonds is 5. The molecule has 0 saturated heterocycles. The third-order valence-corrected chi connectivity index (χ3v) is 3.35. The first-order chi connectivity index (χ1) is 7.20. The van der Waals surface area contributed by atoms with E-state index in [0.717, 1.165) is 12.8 Å². The number of primary amides is 1. The van der Waals surface area contributed by atoms with Gasteiger partial charge in [0.25, 0.3) is 0 Å². The third-order valence-electron chi connectivity index (χ3n) is 2.01. The fraction of sp³-hybridized carbons (Fsp3) is 0.364. The normalized spacial score (nSPS) is 12.1. The molecule has 3 nitrogen and oxygen atoms in total. The zero-order chi connectivity index (χ0) is 11.1. The molecule has 1 amide bonds. The van der Waals surface area contributed by atoms with Gasteiger partial charge in [-0.1, -0.05) is 52.9 Å². The summed E-state index contributed by atoms with van der Waals surface area (Å²) < 4.78 is 5.12. The summed E-state index contributed by atoms with van der Waals surface area (Å²) in [6.07, 6.45) is 1.13. The number of carbonyl (C=O) groups is 1. The molecular formula is C11H14INO2. The number of nitrogens with two attached hydrogens (primary N) is 1. The molecule has 1 unspecified atom stereocenters. The van der Waals surface area contributed by atoms with Crippen LogP contribution in [0.2, 0.25) is 0 Å². The van der Waals surface area contributed by atoms with Crippen molar-refractivity contribution in [2.75, 3.05) is 6.61 Å². The molecule has 0 aliphatic carbocycles. The highest BCUT2D eigenvalue weighted by molar-refractivity contribution is 14.1. The third kappa shape index (κ3) is 5.01. The van der Waals surface area contributed by atoms with Crippen LogP contribution in [-0.2, 0) is 4.74 Å². The van der Waals surface area contributed by atoms with Crippen LogP contribution in [-0.4, -0.2) is 12.7 Å². The molecule has 15 heavy (non-hydrogen) atoms. The first-order valence-electron chi connectivity index (χ1n) is 4.81. The Morgan fingerprint density at radius 3 is 2.67 bits per heavy atom. The SMILES string of the molecule is NC(=O)OCCCC(I)c1ccccc1. The van der Waals surface area contributed by atoms with Gasteiger partial charge in [-0.15, -0.1) is 0 Å². The van der Waals surface area contributed by atoms with Gasteiger partial charge in [-0.3, -0.25) is 0 Å². The summed E-state index contributed by atoms with van der Waals surface area (Å²) in [5.74, 6) is 0. The molecule has 0 heterocycles. The minimum atomic E-state index is -0.695. The van der Waals surface area contributed by atoms with Gasteiger partial charge < -0.3 is 10.5 Å². The molecule has 0 radical (unpaired) electrons. The molecule has 0 fully saturated rings. The molecule has 1 aromatic rings. The van der Waals surface area contributed by atoms with Crippen LogP contribution >= 0.6 is 22.6 Å². The maximum atomic E-state index is 10.3. The molecule has 4 heteroatoms. The molecule has 0 bridgehead atoms. The Bertz CT molecular complexity index is 303. The van der Waals surface area contributed by atoms with Crippen molar-refractivity contribution in [3.8, 4) is 0 Å². The summed E-state index contributed by atoms with van der Waals surface area (Å²) in [5.41, 5.74) is 6.16. The Labute approximate surface area is 103 Å². The van der Waals surface area contributed by atoms with Gasteiger partial charge in [0.2, 0.25) is 0 Å². The highest BCUT2D eigenvalue weighted by Gasteiger charge is 2.06. The minimum absolute atomic E-state index is 0.404. The van der Waals surface area contributed by atoms with Gasteiger partial charge in [0.05, 0.1) is 6.61 Å². The van der Waals surface area contributed by atoms with Crippen molar-refractivity contribution in [3.63, 3.8) is 0 Å². The van der Waals surface area contributed by atoms with E-state index in [2.05, 4.69) is 39.5 Å². The maximum Gasteiger partial charge on any atom is 0.404 e. The van der Waals surface area contributed by atoms with E-state index >= 15 is 0 Å². The smallest absolute Gasteiger partial charge is 0.404 e. The van der Waals surface area contributed by atoms with Crippen molar-refractivity contribution in [3.05, 3.63) is 35.9 Å². The van der Waals surface area contributed by atoms with E-state index in [0.29, 0.717) is 10.5 Å². The Morgan fingerprint density at radius 2 is 2.07 bits per heavy atom. The fourth-order valence-corrected chi connectivity index (χ4v) is 2.12. The average Bonchev–Trinajstić information content (AvgIpc) is 2.25. The number of carbonyl (C=O) groups excluding carboxylic acids is 1. The van der Waals surface area contributed by atoms with Crippen molar-refractivity contribution in [1.29, 1.82) is 0 Å².